The molecule has 1 fully saturated rings. The molecule has 0 saturated carbocycles. The van der Waals surface area contributed by atoms with Gasteiger partial charge in [-0.3, -0.25) is 9.59 Å². The van der Waals surface area contributed by atoms with Crippen LogP contribution in [0, 0.1) is 17.7 Å². The van der Waals surface area contributed by atoms with Crippen molar-refractivity contribution in [1.82, 2.24) is 10.3 Å². The van der Waals surface area contributed by atoms with Crippen LogP contribution in [0.2, 0.25) is 0 Å². The summed E-state index contributed by atoms with van der Waals surface area (Å²) in [5, 5.41) is 3.58. The number of hydrogen-bond acceptors (Lipinski definition) is 3. The van der Waals surface area contributed by atoms with Gasteiger partial charge in [0.2, 0.25) is 5.91 Å². The zero-order valence-electron chi connectivity index (χ0n) is 18.3. The van der Waals surface area contributed by atoms with Gasteiger partial charge in [-0.2, -0.15) is 13.2 Å². The average molecular weight is 474 g/mol. The maximum absolute atomic E-state index is 15.5. The number of carbonyl (C=O) groups is 2. The number of aromatic nitrogens is 1. The van der Waals surface area contributed by atoms with Crippen molar-refractivity contribution in [2.45, 2.75) is 38.4 Å². The highest BCUT2D eigenvalue weighted by atomic mass is 19.4. The summed E-state index contributed by atoms with van der Waals surface area (Å²) in [4.78, 5) is 28.2. The molecule has 6 nitrogen and oxygen atoms in total. The molecule has 0 bridgehead atoms. The van der Waals surface area contributed by atoms with E-state index in [1.165, 1.54) is 12.1 Å². The zero-order chi connectivity index (χ0) is 24.6. The van der Waals surface area contributed by atoms with Crippen LogP contribution in [0.5, 0.6) is 0 Å². The Kier molecular flexibility index (Phi) is 6.13. The van der Waals surface area contributed by atoms with Crippen LogP contribution in [0.4, 0.5) is 23.2 Å². The van der Waals surface area contributed by atoms with Crippen molar-refractivity contribution in [3.05, 3.63) is 41.2 Å². The minimum absolute atomic E-state index is 0.169. The minimum atomic E-state index is -4.55. The first-order chi connectivity index (χ1) is 16.1. The van der Waals surface area contributed by atoms with Crippen LogP contribution < -0.4 is 16.0 Å². The number of fused-ring (bicyclic) bond motifs is 3. The van der Waals surface area contributed by atoms with Crippen LogP contribution in [-0.4, -0.2) is 35.9 Å². The van der Waals surface area contributed by atoms with Gasteiger partial charge in [-0.25, -0.2) is 4.39 Å². The van der Waals surface area contributed by atoms with Gasteiger partial charge < -0.3 is 20.9 Å². The summed E-state index contributed by atoms with van der Waals surface area (Å²) in [6, 6.07) is 4.12. The Morgan fingerprint density at radius 2 is 2.06 bits per heavy atom. The van der Waals surface area contributed by atoms with Crippen molar-refractivity contribution < 1.29 is 27.2 Å². The molecule has 1 aliphatic rings. The fourth-order valence-electron chi connectivity index (χ4n) is 4.54. The molecular formula is C24H22F4N4O2. The molecule has 0 aliphatic carbocycles. The van der Waals surface area contributed by atoms with E-state index in [0.717, 1.165) is 12.1 Å². The number of anilines is 1. The summed E-state index contributed by atoms with van der Waals surface area (Å²) >= 11 is 0. The number of carbonyl (C=O) groups excluding carboxylic acids is 2. The summed E-state index contributed by atoms with van der Waals surface area (Å²) in [6.07, 6.45) is -3.48. The Morgan fingerprint density at radius 3 is 2.74 bits per heavy atom. The lowest BCUT2D eigenvalue weighted by atomic mass is 9.99. The number of nitrogens with zero attached hydrogens (tertiary/aromatic N) is 1. The fraction of sp³-hybridized carbons (Fsp3) is 0.333. The molecule has 1 aromatic heterocycles. The number of primary amides is 1. The van der Waals surface area contributed by atoms with Crippen LogP contribution in [0.3, 0.4) is 0 Å². The number of alkyl halides is 3. The number of nitrogens with one attached hydrogen (secondary N) is 2. The largest absolute Gasteiger partial charge is 0.416 e. The second-order valence-electron chi connectivity index (χ2n) is 8.28. The molecule has 2 amide bonds. The van der Waals surface area contributed by atoms with Gasteiger partial charge in [0.1, 0.15) is 5.82 Å². The highest BCUT2D eigenvalue weighted by Gasteiger charge is 2.32. The highest BCUT2D eigenvalue weighted by molar-refractivity contribution is 6.15. The molecule has 3 aromatic rings. The number of hydrogen-bond donors (Lipinski definition) is 3. The van der Waals surface area contributed by atoms with Gasteiger partial charge >= 0.3 is 6.18 Å². The number of aromatic amines is 1. The molecule has 0 unspecified atom stereocenters. The quantitative estimate of drug-likeness (QED) is 0.399. The maximum Gasteiger partial charge on any atom is 0.416 e. The Morgan fingerprint density at radius 1 is 1.29 bits per heavy atom. The monoisotopic (exact) mass is 474 g/mol. The number of H-pyrrole nitrogens is 1. The molecule has 4 N–H and O–H groups in total. The standard InChI is InChI=1S/C24H22F4N4O2/c1-2-4-20(34)30-15-5-3-8-32(12-15)23-17(25)9-13(10-19(29)33)22-21(23)16-7-6-14(24(26,27)28)11-18(16)31-22/h6-7,9,11,15,31H,3,5,8,10,12H2,1H3,(H2,29,33)(H,30,34)/t15-/m0/s1. The SMILES string of the molecule is CC#CC(=O)N[C@H]1CCCN(c2c(F)cc(CC(N)=O)c3[nH]c4cc(C(F)(F)F)ccc4c23)C1. The van der Waals surface area contributed by atoms with Crippen molar-refractivity contribution in [2.24, 2.45) is 5.73 Å². The van der Waals surface area contributed by atoms with Crippen LogP contribution in [0.25, 0.3) is 21.8 Å². The minimum Gasteiger partial charge on any atom is -0.369 e. The third-order valence-electron chi connectivity index (χ3n) is 5.89. The summed E-state index contributed by atoms with van der Waals surface area (Å²) in [5.41, 5.74) is 5.47. The van der Waals surface area contributed by atoms with Crippen molar-refractivity contribution >= 4 is 39.3 Å². The van der Waals surface area contributed by atoms with E-state index in [4.69, 9.17) is 5.73 Å². The van der Waals surface area contributed by atoms with Crippen LogP contribution in [0.1, 0.15) is 30.9 Å². The Balaban J connectivity index is 1.87. The first-order valence-corrected chi connectivity index (χ1v) is 10.7. The van der Waals surface area contributed by atoms with Gasteiger partial charge in [-0.05, 0) is 49.4 Å². The molecule has 34 heavy (non-hydrogen) atoms. The van der Waals surface area contributed by atoms with Crippen LogP contribution in [0.15, 0.2) is 24.3 Å². The van der Waals surface area contributed by atoms with E-state index in [9.17, 15) is 22.8 Å². The molecule has 10 heteroatoms. The normalized spacial score (nSPS) is 16.4. The molecular weight excluding hydrogens is 452 g/mol. The third-order valence-corrected chi connectivity index (χ3v) is 5.89. The van der Waals surface area contributed by atoms with Crippen LogP contribution in [-0.2, 0) is 22.2 Å². The summed E-state index contributed by atoms with van der Waals surface area (Å²) in [7, 11) is 0. The number of piperidine rings is 1. The fourth-order valence-corrected chi connectivity index (χ4v) is 4.54. The molecule has 4 rings (SSSR count). The van der Waals surface area contributed by atoms with Gasteiger partial charge in [0.15, 0.2) is 0 Å². The number of halogens is 4. The Bertz CT molecular complexity index is 1350. The zero-order valence-corrected chi connectivity index (χ0v) is 18.3. The van der Waals surface area contributed by atoms with E-state index < -0.39 is 29.4 Å². The van der Waals surface area contributed by atoms with Gasteiger partial charge in [0.25, 0.3) is 5.91 Å². The lowest BCUT2D eigenvalue weighted by Gasteiger charge is -2.35. The first kappa shape index (κ1) is 23.4. The maximum atomic E-state index is 15.5. The second kappa shape index (κ2) is 8.89. The molecule has 1 atom stereocenters. The summed E-state index contributed by atoms with van der Waals surface area (Å²) in [6.45, 7) is 2.33. The Hall–Kier alpha value is -3.74. The van der Waals surface area contributed by atoms with Gasteiger partial charge in [0.05, 0.1) is 23.2 Å². The molecule has 178 valence electrons. The first-order valence-electron chi connectivity index (χ1n) is 10.7. The smallest absolute Gasteiger partial charge is 0.369 e. The molecule has 0 radical (unpaired) electrons. The topological polar surface area (TPSA) is 91.2 Å². The number of benzene rings is 2. The van der Waals surface area contributed by atoms with Crippen molar-refractivity contribution in [1.29, 1.82) is 0 Å². The number of nitrogens with two attached hydrogens (primary N) is 1. The lowest BCUT2D eigenvalue weighted by Crippen LogP contribution is -2.47. The molecule has 2 aromatic carbocycles. The van der Waals surface area contributed by atoms with E-state index in [-0.39, 0.29) is 29.2 Å². The number of amides is 2. The summed E-state index contributed by atoms with van der Waals surface area (Å²) in [5.74, 6) is 3.21. The van der Waals surface area contributed by atoms with E-state index in [1.54, 1.807) is 11.8 Å². The van der Waals surface area contributed by atoms with E-state index >= 15 is 4.39 Å². The molecule has 1 aliphatic heterocycles. The lowest BCUT2D eigenvalue weighted by molar-refractivity contribution is -0.137. The predicted octanol–water partition coefficient (Wildman–Crippen LogP) is 3.62. The summed E-state index contributed by atoms with van der Waals surface area (Å²) < 4.78 is 55.3. The van der Waals surface area contributed by atoms with Crippen LogP contribution >= 0.6 is 0 Å². The number of rotatable bonds is 4. The van der Waals surface area contributed by atoms with E-state index in [0.29, 0.717) is 42.2 Å². The molecule has 0 spiro atoms. The van der Waals surface area contributed by atoms with E-state index in [1.807, 2.05) is 0 Å². The highest BCUT2D eigenvalue weighted by Crippen LogP contribution is 2.41. The van der Waals surface area contributed by atoms with Crippen molar-refractivity contribution in [3.63, 3.8) is 0 Å². The van der Waals surface area contributed by atoms with Gasteiger partial charge in [-0.1, -0.05) is 12.0 Å². The van der Waals surface area contributed by atoms with Crippen molar-refractivity contribution in [3.8, 4) is 11.8 Å². The predicted molar refractivity (Wildman–Crippen MR) is 120 cm³/mol. The van der Waals surface area contributed by atoms with Gasteiger partial charge in [-0.15, -0.1) is 0 Å². The van der Waals surface area contributed by atoms with E-state index in [2.05, 4.69) is 22.1 Å². The van der Waals surface area contributed by atoms with Crippen molar-refractivity contribution in [2.75, 3.05) is 18.0 Å². The molecule has 1 saturated heterocycles. The Labute approximate surface area is 192 Å². The second-order valence-corrected chi connectivity index (χ2v) is 8.28. The third kappa shape index (κ3) is 4.51. The molecule has 2 heterocycles. The van der Waals surface area contributed by atoms with Gasteiger partial charge in [0, 0.05) is 35.4 Å². The average Bonchev–Trinajstić information content (AvgIpc) is 3.12.